The van der Waals surface area contributed by atoms with Gasteiger partial charge in [-0.2, -0.15) is 0 Å². The molecule has 186 valence electrons. The van der Waals surface area contributed by atoms with Crippen LogP contribution in [0.3, 0.4) is 0 Å². The van der Waals surface area contributed by atoms with E-state index in [1.165, 1.54) is 7.05 Å². The molecular weight excluding hydrogens is 489 g/mol. The van der Waals surface area contributed by atoms with E-state index in [1.807, 2.05) is 105 Å². The highest BCUT2D eigenvalue weighted by Crippen LogP contribution is 2.49. The molecule has 0 fully saturated rings. The molecule has 6 nitrogen and oxygen atoms in total. The van der Waals surface area contributed by atoms with E-state index in [-0.39, 0.29) is 18.0 Å². The Hall–Kier alpha value is -3.28. The van der Waals surface area contributed by atoms with Gasteiger partial charge in [-0.15, -0.1) is 0 Å². The number of nitrogens with zero attached hydrogens (tertiary/aromatic N) is 3. The molecule has 0 atom stereocenters. The third-order valence-corrected chi connectivity index (χ3v) is 10.3. The van der Waals surface area contributed by atoms with Crippen LogP contribution in [0.5, 0.6) is 0 Å². The summed E-state index contributed by atoms with van der Waals surface area (Å²) < 4.78 is 40.7. The lowest BCUT2D eigenvalue weighted by atomic mass is 10.00. The van der Waals surface area contributed by atoms with E-state index in [0.29, 0.717) is 11.4 Å². The standard InChI is InChI=1S/C28H30N3O3PS/c1-21(2)26-25(20-35(32,23-16-10-6-11-17-23)24-18-12-7-13-19-24)27(22-14-8-5-9-15-22)30-28(29-26)31(3)36(4,33)34/h5-19,21H,20H2,1-4H3. The van der Waals surface area contributed by atoms with E-state index in [2.05, 4.69) is 0 Å². The minimum absolute atomic E-state index is 0.0582. The predicted octanol–water partition coefficient (Wildman–Crippen LogP) is 5.18. The van der Waals surface area contributed by atoms with E-state index in [9.17, 15) is 13.0 Å². The molecule has 1 aromatic heterocycles. The first-order valence-corrected chi connectivity index (χ1v) is 15.5. The molecule has 0 aliphatic rings. The summed E-state index contributed by atoms with van der Waals surface area (Å²) in [6.07, 6.45) is 1.34. The van der Waals surface area contributed by atoms with Crippen molar-refractivity contribution in [1.82, 2.24) is 9.97 Å². The molecule has 1 heterocycles. The highest BCUT2D eigenvalue weighted by atomic mass is 32.2. The molecule has 4 rings (SSSR count). The fourth-order valence-electron chi connectivity index (χ4n) is 4.14. The predicted molar refractivity (Wildman–Crippen MR) is 148 cm³/mol. The molecule has 0 spiro atoms. The van der Waals surface area contributed by atoms with Gasteiger partial charge in [-0.25, -0.2) is 22.7 Å². The van der Waals surface area contributed by atoms with Crippen LogP contribution >= 0.6 is 7.14 Å². The zero-order chi connectivity index (χ0) is 25.9. The lowest BCUT2D eigenvalue weighted by molar-refractivity contribution is 0.585. The lowest BCUT2D eigenvalue weighted by Crippen LogP contribution is -2.28. The molecule has 0 bridgehead atoms. The normalized spacial score (nSPS) is 12.0. The molecule has 0 unspecified atom stereocenters. The maximum atomic E-state index is 15.0. The Labute approximate surface area is 213 Å². The van der Waals surface area contributed by atoms with Crippen LogP contribution in [-0.4, -0.2) is 31.7 Å². The van der Waals surface area contributed by atoms with Crippen LogP contribution in [0.1, 0.15) is 31.0 Å². The summed E-state index contributed by atoms with van der Waals surface area (Å²) in [6.45, 7) is 4.00. The number of hydrogen-bond acceptors (Lipinski definition) is 5. The Bertz CT molecular complexity index is 1450. The Morgan fingerprint density at radius 2 is 1.28 bits per heavy atom. The summed E-state index contributed by atoms with van der Waals surface area (Å²) >= 11 is 0. The van der Waals surface area contributed by atoms with Crippen molar-refractivity contribution in [2.75, 3.05) is 17.6 Å². The van der Waals surface area contributed by atoms with Crippen molar-refractivity contribution in [3.05, 3.63) is 102 Å². The maximum absolute atomic E-state index is 15.0. The van der Waals surface area contributed by atoms with Crippen molar-refractivity contribution in [2.45, 2.75) is 25.9 Å². The van der Waals surface area contributed by atoms with Gasteiger partial charge in [0.1, 0.15) is 7.14 Å². The van der Waals surface area contributed by atoms with Crippen molar-refractivity contribution in [2.24, 2.45) is 0 Å². The number of aromatic nitrogens is 2. The Kier molecular flexibility index (Phi) is 7.43. The van der Waals surface area contributed by atoms with Gasteiger partial charge in [0.15, 0.2) is 0 Å². The molecule has 0 amide bonds. The number of benzene rings is 3. The van der Waals surface area contributed by atoms with Gasteiger partial charge in [-0.1, -0.05) is 105 Å². The molecule has 3 aromatic carbocycles. The summed E-state index contributed by atoms with van der Waals surface area (Å²) in [6, 6.07) is 28.6. The van der Waals surface area contributed by atoms with Gasteiger partial charge in [0.05, 0.1) is 17.6 Å². The maximum Gasteiger partial charge on any atom is 0.239 e. The van der Waals surface area contributed by atoms with Crippen LogP contribution in [0.4, 0.5) is 5.95 Å². The quantitative estimate of drug-likeness (QED) is 0.300. The minimum atomic E-state index is -3.58. The molecule has 4 aromatic rings. The molecule has 0 saturated carbocycles. The van der Waals surface area contributed by atoms with E-state index in [1.54, 1.807) is 0 Å². The summed E-state index contributed by atoms with van der Waals surface area (Å²) in [5.41, 5.74) is 2.85. The SMILES string of the molecule is CC(C)c1nc(N(C)S(C)(=O)=O)nc(-c2ccccc2)c1CP(=O)(c1ccccc1)c1ccccc1. The van der Waals surface area contributed by atoms with Crippen LogP contribution in [-0.2, 0) is 20.8 Å². The molecule has 8 heteroatoms. The van der Waals surface area contributed by atoms with Gasteiger partial charge in [-0.3, -0.25) is 0 Å². The Morgan fingerprint density at radius 3 is 1.72 bits per heavy atom. The highest BCUT2D eigenvalue weighted by molar-refractivity contribution is 7.92. The van der Waals surface area contributed by atoms with Crippen LogP contribution in [0.25, 0.3) is 11.3 Å². The Balaban J connectivity index is 2.02. The van der Waals surface area contributed by atoms with E-state index >= 15 is 0 Å². The third kappa shape index (κ3) is 5.28. The monoisotopic (exact) mass is 519 g/mol. The third-order valence-electron chi connectivity index (χ3n) is 6.13. The lowest BCUT2D eigenvalue weighted by Gasteiger charge is -2.25. The zero-order valence-corrected chi connectivity index (χ0v) is 22.6. The molecule has 0 radical (unpaired) electrons. The van der Waals surface area contributed by atoms with Crippen molar-refractivity contribution in [3.63, 3.8) is 0 Å². The molecule has 0 saturated heterocycles. The van der Waals surface area contributed by atoms with E-state index in [0.717, 1.165) is 32.3 Å². The number of rotatable bonds is 8. The summed E-state index contributed by atoms with van der Waals surface area (Å²) in [5, 5.41) is 1.50. The zero-order valence-electron chi connectivity index (χ0n) is 20.9. The topological polar surface area (TPSA) is 80.2 Å². The first-order valence-electron chi connectivity index (χ1n) is 11.7. The van der Waals surface area contributed by atoms with Crippen molar-refractivity contribution in [1.29, 1.82) is 0 Å². The first-order chi connectivity index (χ1) is 17.1. The minimum Gasteiger partial charge on any atom is -0.313 e. The second-order valence-corrected chi connectivity index (χ2v) is 13.9. The van der Waals surface area contributed by atoms with Gasteiger partial charge in [0.2, 0.25) is 16.0 Å². The smallest absolute Gasteiger partial charge is 0.239 e. The second kappa shape index (κ2) is 10.4. The fraction of sp³-hybridized carbons (Fsp3) is 0.214. The largest absolute Gasteiger partial charge is 0.313 e. The van der Waals surface area contributed by atoms with Crippen molar-refractivity contribution in [3.8, 4) is 11.3 Å². The average Bonchev–Trinajstić information content (AvgIpc) is 2.89. The number of sulfonamides is 1. The van der Waals surface area contributed by atoms with Gasteiger partial charge in [0.25, 0.3) is 0 Å². The molecular formula is C28H30N3O3PS. The summed E-state index contributed by atoms with van der Waals surface area (Å²) in [5.74, 6) is 0.0372. The number of anilines is 1. The van der Waals surface area contributed by atoms with E-state index in [4.69, 9.17) is 9.97 Å². The van der Waals surface area contributed by atoms with Crippen molar-refractivity contribution >= 4 is 33.7 Å². The number of hydrogen-bond donors (Lipinski definition) is 0. The van der Waals surface area contributed by atoms with Crippen LogP contribution in [0, 0.1) is 0 Å². The highest BCUT2D eigenvalue weighted by Gasteiger charge is 2.32. The fourth-order valence-corrected chi connectivity index (χ4v) is 7.24. The van der Waals surface area contributed by atoms with Crippen LogP contribution < -0.4 is 14.9 Å². The molecule has 0 aliphatic heterocycles. The van der Waals surface area contributed by atoms with E-state index < -0.39 is 17.2 Å². The molecule has 0 aliphatic carbocycles. The van der Waals surface area contributed by atoms with Crippen LogP contribution in [0.2, 0.25) is 0 Å². The van der Waals surface area contributed by atoms with Gasteiger partial charge >= 0.3 is 0 Å². The second-order valence-electron chi connectivity index (χ2n) is 9.06. The first kappa shape index (κ1) is 25.8. The summed E-state index contributed by atoms with van der Waals surface area (Å²) in [4.78, 5) is 9.45. The molecule has 36 heavy (non-hydrogen) atoms. The Morgan fingerprint density at radius 1 is 0.806 bits per heavy atom. The molecule has 0 N–H and O–H groups in total. The van der Waals surface area contributed by atoms with Crippen molar-refractivity contribution < 1.29 is 13.0 Å². The van der Waals surface area contributed by atoms with Gasteiger partial charge < -0.3 is 4.57 Å². The van der Waals surface area contributed by atoms with Gasteiger partial charge in [0, 0.05) is 34.9 Å². The average molecular weight is 520 g/mol. The van der Waals surface area contributed by atoms with Gasteiger partial charge in [-0.05, 0) is 5.92 Å². The summed E-state index contributed by atoms with van der Waals surface area (Å²) in [7, 11) is -5.27. The van der Waals surface area contributed by atoms with Crippen LogP contribution in [0.15, 0.2) is 91.0 Å².